The second-order valence-electron chi connectivity index (χ2n) is 5.15. The Morgan fingerprint density at radius 1 is 1.12 bits per heavy atom. The number of carbonyl (C=O) groups excluding carboxylic acids is 1. The topological polar surface area (TPSA) is 46.9 Å². The molecule has 3 rings (SSSR count). The summed E-state index contributed by atoms with van der Waals surface area (Å²) in [6.45, 7) is 1.77. The van der Waals surface area contributed by atoms with Crippen LogP contribution >= 0.6 is 11.6 Å². The molecule has 0 bridgehead atoms. The summed E-state index contributed by atoms with van der Waals surface area (Å²) in [6, 6.07) is 11.6. The molecule has 122 valence electrons. The van der Waals surface area contributed by atoms with Crippen molar-refractivity contribution in [3.8, 4) is 5.69 Å². The molecule has 1 heterocycles. The van der Waals surface area contributed by atoms with E-state index >= 15 is 0 Å². The van der Waals surface area contributed by atoms with Crippen LogP contribution in [0.3, 0.4) is 0 Å². The van der Waals surface area contributed by atoms with E-state index in [1.165, 1.54) is 10.7 Å². The number of carbonyl (C=O) groups is 1. The highest BCUT2D eigenvalue weighted by Crippen LogP contribution is 2.21. The molecule has 0 fully saturated rings. The Balaban J connectivity index is 1.93. The van der Waals surface area contributed by atoms with Crippen LogP contribution in [0.25, 0.3) is 5.69 Å². The molecule has 0 saturated heterocycles. The molecule has 1 amide bonds. The molecule has 0 atom stereocenters. The molecule has 0 aliphatic heterocycles. The molecule has 0 unspecified atom stereocenters. The largest absolute Gasteiger partial charge is 0.306 e. The average Bonchev–Trinajstić information content (AvgIpc) is 2.90. The number of aromatic nitrogens is 2. The zero-order valence-electron chi connectivity index (χ0n) is 12.6. The van der Waals surface area contributed by atoms with E-state index in [-0.39, 0.29) is 5.56 Å². The Hall–Kier alpha value is -2.73. The smallest absolute Gasteiger partial charge is 0.256 e. The van der Waals surface area contributed by atoms with Crippen molar-refractivity contribution in [2.45, 2.75) is 6.92 Å². The summed E-state index contributed by atoms with van der Waals surface area (Å²) < 4.78 is 27.8. The lowest BCUT2D eigenvalue weighted by molar-refractivity contribution is 0.102. The molecule has 0 radical (unpaired) electrons. The van der Waals surface area contributed by atoms with Gasteiger partial charge in [0.1, 0.15) is 5.82 Å². The van der Waals surface area contributed by atoms with E-state index in [9.17, 15) is 13.6 Å². The fourth-order valence-electron chi connectivity index (χ4n) is 2.22. The number of rotatable bonds is 3. The van der Waals surface area contributed by atoms with Gasteiger partial charge in [-0.15, -0.1) is 0 Å². The number of hydrogen-bond donors (Lipinski definition) is 1. The minimum atomic E-state index is -1.08. The minimum absolute atomic E-state index is 0.00500. The van der Waals surface area contributed by atoms with Gasteiger partial charge < -0.3 is 5.32 Å². The van der Waals surface area contributed by atoms with Gasteiger partial charge in [0.2, 0.25) is 0 Å². The molecule has 3 aromatic rings. The Labute approximate surface area is 141 Å². The average molecular weight is 348 g/mol. The second-order valence-corrected chi connectivity index (χ2v) is 5.58. The summed E-state index contributed by atoms with van der Waals surface area (Å²) in [6.07, 6.45) is 0. The summed E-state index contributed by atoms with van der Waals surface area (Å²) >= 11 is 5.98. The zero-order valence-corrected chi connectivity index (χ0v) is 13.3. The van der Waals surface area contributed by atoms with Crippen LogP contribution in [0, 0.1) is 18.6 Å². The molecule has 0 aliphatic rings. The summed E-state index contributed by atoms with van der Waals surface area (Å²) in [5, 5.41) is 7.48. The summed E-state index contributed by atoms with van der Waals surface area (Å²) in [7, 11) is 0. The van der Waals surface area contributed by atoms with E-state index in [1.54, 1.807) is 37.3 Å². The lowest BCUT2D eigenvalue weighted by Crippen LogP contribution is -2.15. The van der Waals surface area contributed by atoms with Crippen LogP contribution in [0.5, 0.6) is 0 Å². The van der Waals surface area contributed by atoms with E-state index in [0.717, 1.165) is 12.1 Å². The molecule has 1 aromatic heterocycles. The summed E-state index contributed by atoms with van der Waals surface area (Å²) in [5.41, 5.74) is 1.34. The highest BCUT2D eigenvalue weighted by molar-refractivity contribution is 6.30. The van der Waals surface area contributed by atoms with Crippen molar-refractivity contribution < 1.29 is 13.6 Å². The van der Waals surface area contributed by atoms with Crippen molar-refractivity contribution in [1.29, 1.82) is 0 Å². The van der Waals surface area contributed by atoms with Crippen LogP contribution in [0.15, 0.2) is 48.5 Å². The number of amides is 1. The maximum atomic E-state index is 13.3. The van der Waals surface area contributed by atoms with Crippen molar-refractivity contribution in [2.24, 2.45) is 0 Å². The van der Waals surface area contributed by atoms with Crippen LogP contribution in [0.1, 0.15) is 16.1 Å². The van der Waals surface area contributed by atoms with Crippen LogP contribution in [0.2, 0.25) is 5.02 Å². The molecular formula is C17H12ClF2N3O. The third kappa shape index (κ3) is 3.28. The lowest BCUT2D eigenvalue weighted by Gasteiger charge is -2.09. The van der Waals surface area contributed by atoms with Crippen molar-refractivity contribution in [2.75, 3.05) is 5.32 Å². The Morgan fingerprint density at radius 3 is 2.62 bits per heavy atom. The van der Waals surface area contributed by atoms with Crippen molar-refractivity contribution in [1.82, 2.24) is 9.78 Å². The first kappa shape index (κ1) is 16.1. The van der Waals surface area contributed by atoms with Gasteiger partial charge in [-0.05, 0) is 43.3 Å². The summed E-state index contributed by atoms with van der Waals surface area (Å²) in [5.74, 6) is -2.27. The molecule has 7 heteroatoms. The van der Waals surface area contributed by atoms with Crippen molar-refractivity contribution in [3.05, 3.63) is 76.4 Å². The van der Waals surface area contributed by atoms with E-state index < -0.39 is 17.5 Å². The quantitative estimate of drug-likeness (QED) is 0.765. The first-order valence-electron chi connectivity index (χ1n) is 7.03. The van der Waals surface area contributed by atoms with E-state index in [1.807, 2.05) is 0 Å². The third-order valence-corrected chi connectivity index (χ3v) is 3.54. The van der Waals surface area contributed by atoms with Crippen LogP contribution in [-0.2, 0) is 0 Å². The van der Waals surface area contributed by atoms with Gasteiger partial charge in [-0.1, -0.05) is 17.7 Å². The number of nitrogens with zero attached hydrogens (tertiary/aromatic N) is 2. The maximum absolute atomic E-state index is 13.3. The number of anilines is 1. The number of aryl methyl sites for hydroxylation is 1. The predicted octanol–water partition coefficient (Wildman–Crippen LogP) is 4.36. The predicted molar refractivity (Wildman–Crippen MR) is 87.6 cm³/mol. The maximum Gasteiger partial charge on any atom is 0.256 e. The van der Waals surface area contributed by atoms with Crippen molar-refractivity contribution >= 4 is 23.3 Å². The molecule has 2 aromatic carbocycles. The van der Waals surface area contributed by atoms with Gasteiger partial charge in [-0.2, -0.15) is 5.10 Å². The zero-order chi connectivity index (χ0) is 17.3. The molecule has 0 spiro atoms. The van der Waals surface area contributed by atoms with Gasteiger partial charge in [0.25, 0.3) is 5.91 Å². The van der Waals surface area contributed by atoms with E-state index in [0.29, 0.717) is 22.2 Å². The fraction of sp³-hybridized carbons (Fsp3) is 0.0588. The molecule has 0 saturated carbocycles. The fourth-order valence-corrected chi connectivity index (χ4v) is 2.40. The summed E-state index contributed by atoms with van der Waals surface area (Å²) in [4.78, 5) is 12.3. The SMILES string of the molecule is Cc1cc(NC(=O)c2ccc(F)c(F)c2)n(-c2cccc(Cl)c2)n1. The van der Waals surface area contributed by atoms with Gasteiger partial charge in [-0.3, -0.25) is 4.79 Å². The number of benzene rings is 2. The lowest BCUT2D eigenvalue weighted by atomic mass is 10.2. The van der Waals surface area contributed by atoms with Gasteiger partial charge in [-0.25, -0.2) is 13.5 Å². The Kier molecular flexibility index (Phi) is 4.31. The Bertz CT molecular complexity index is 924. The van der Waals surface area contributed by atoms with Crippen LogP contribution in [0.4, 0.5) is 14.6 Å². The van der Waals surface area contributed by atoms with Gasteiger partial charge in [0.15, 0.2) is 11.6 Å². The number of hydrogen-bond acceptors (Lipinski definition) is 2. The van der Waals surface area contributed by atoms with E-state index in [4.69, 9.17) is 11.6 Å². The first-order chi connectivity index (χ1) is 11.4. The molecule has 0 aliphatic carbocycles. The number of nitrogens with one attached hydrogen (secondary N) is 1. The first-order valence-corrected chi connectivity index (χ1v) is 7.41. The Morgan fingerprint density at radius 2 is 1.92 bits per heavy atom. The highest BCUT2D eigenvalue weighted by Gasteiger charge is 2.14. The molecule has 1 N–H and O–H groups in total. The monoisotopic (exact) mass is 347 g/mol. The molecule has 4 nitrogen and oxygen atoms in total. The minimum Gasteiger partial charge on any atom is -0.306 e. The number of halogens is 3. The van der Waals surface area contributed by atoms with Crippen LogP contribution < -0.4 is 5.32 Å². The highest BCUT2D eigenvalue weighted by atomic mass is 35.5. The second kappa shape index (κ2) is 6.41. The normalized spacial score (nSPS) is 10.7. The van der Waals surface area contributed by atoms with Crippen molar-refractivity contribution in [3.63, 3.8) is 0 Å². The third-order valence-electron chi connectivity index (χ3n) is 3.31. The van der Waals surface area contributed by atoms with Gasteiger partial charge in [0.05, 0.1) is 11.4 Å². The standard InChI is InChI=1S/C17H12ClF2N3O/c1-10-7-16(23(22-10)13-4-2-3-12(18)9-13)21-17(24)11-5-6-14(19)15(20)8-11/h2-9H,1H3,(H,21,24). The van der Waals surface area contributed by atoms with Crippen LogP contribution in [-0.4, -0.2) is 15.7 Å². The van der Waals surface area contributed by atoms with Gasteiger partial charge >= 0.3 is 0 Å². The molecule has 24 heavy (non-hydrogen) atoms. The molecular weight excluding hydrogens is 336 g/mol. The van der Waals surface area contributed by atoms with E-state index in [2.05, 4.69) is 10.4 Å². The van der Waals surface area contributed by atoms with Gasteiger partial charge in [0, 0.05) is 16.7 Å².